The van der Waals surface area contributed by atoms with Crippen LogP contribution in [-0.4, -0.2) is 33.5 Å². The van der Waals surface area contributed by atoms with Crippen LogP contribution in [0.1, 0.15) is 48.0 Å². The molecule has 3 atom stereocenters. The number of hydrogen-bond acceptors (Lipinski definition) is 3. The molecule has 1 aromatic heterocycles. The van der Waals surface area contributed by atoms with E-state index in [1.807, 2.05) is 30.3 Å². The van der Waals surface area contributed by atoms with Gasteiger partial charge in [-0.3, -0.25) is 4.79 Å². The topological polar surface area (TPSA) is 53.4 Å². The number of aromatic nitrogens is 1. The largest absolute Gasteiger partial charge is 0.385 e. The molecule has 3 unspecified atom stereocenters. The first-order valence-electron chi connectivity index (χ1n) is 9.30. The van der Waals surface area contributed by atoms with E-state index in [1.54, 1.807) is 11.0 Å². The highest BCUT2D eigenvalue weighted by atomic mass is 19.1. The zero-order valence-corrected chi connectivity index (χ0v) is 14.6. The van der Waals surface area contributed by atoms with E-state index in [4.69, 9.17) is 0 Å². The Morgan fingerprint density at radius 1 is 1.15 bits per heavy atom. The monoisotopic (exact) mass is 354 g/mol. The average molecular weight is 354 g/mol. The third-order valence-electron chi connectivity index (χ3n) is 6.00. The van der Waals surface area contributed by atoms with E-state index in [0.29, 0.717) is 13.0 Å². The van der Waals surface area contributed by atoms with Gasteiger partial charge in [0.1, 0.15) is 0 Å². The van der Waals surface area contributed by atoms with Crippen molar-refractivity contribution in [3.63, 3.8) is 0 Å². The standard InChI is InChI=1S/C21H23FN2O2/c22-19-16(9-6-13-23-19)20(25)24-14-12-21(26,15-7-2-1-3-8-15)17-10-4-5-11-18(17)24/h1-3,6-9,13,17-18,26H,4-5,10-12,14H2. The number of piperidine rings is 1. The predicted octanol–water partition coefficient (Wildman–Crippen LogP) is 3.51. The molecule has 1 N–H and O–H groups in total. The predicted molar refractivity (Wildman–Crippen MR) is 95.9 cm³/mol. The molecule has 136 valence electrons. The molecular formula is C21H23FN2O2. The third kappa shape index (κ3) is 2.80. The van der Waals surface area contributed by atoms with E-state index < -0.39 is 11.5 Å². The number of aliphatic hydroxyl groups is 1. The number of pyridine rings is 1. The number of halogens is 1. The van der Waals surface area contributed by atoms with E-state index in [-0.39, 0.29) is 23.4 Å². The molecule has 4 rings (SSSR count). The van der Waals surface area contributed by atoms with Gasteiger partial charge in [-0.2, -0.15) is 4.39 Å². The molecule has 0 spiro atoms. The summed E-state index contributed by atoms with van der Waals surface area (Å²) in [6, 6.07) is 12.7. The molecule has 2 fully saturated rings. The molecule has 2 aromatic rings. The second-order valence-corrected chi connectivity index (χ2v) is 7.34. The fraction of sp³-hybridized carbons (Fsp3) is 0.429. The van der Waals surface area contributed by atoms with Crippen LogP contribution in [0.5, 0.6) is 0 Å². The number of carbonyl (C=O) groups is 1. The van der Waals surface area contributed by atoms with Crippen molar-refractivity contribution in [3.8, 4) is 0 Å². The summed E-state index contributed by atoms with van der Waals surface area (Å²) in [4.78, 5) is 18.4. The molecule has 0 radical (unpaired) electrons. The fourth-order valence-corrected chi connectivity index (χ4v) is 4.72. The molecule has 1 aliphatic carbocycles. The van der Waals surface area contributed by atoms with Gasteiger partial charge in [0.15, 0.2) is 0 Å². The van der Waals surface area contributed by atoms with Gasteiger partial charge in [-0.05, 0) is 37.0 Å². The fourth-order valence-electron chi connectivity index (χ4n) is 4.72. The van der Waals surface area contributed by atoms with Gasteiger partial charge < -0.3 is 10.0 Å². The van der Waals surface area contributed by atoms with Gasteiger partial charge in [0.05, 0.1) is 11.2 Å². The lowest BCUT2D eigenvalue weighted by Gasteiger charge is -2.52. The molecule has 4 nitrogen and oxygen atoms in total. The second kappa shape index (κ2) is 6.80. The normalized spacial score (nSPS) is 28.5. The summed E-state index contributed by atoms with van der Waals surface area (Å²) in [5.74, 6) is -1.08. The van der Waals surface area contributed by atoms with Crippen molar-refractivity contribution in [2.75, 3.05) is 6.54 Å². The minimum atomic E-state index is -0.934. The minimum Gasteiger partial charge on any atom is -0.385 e. The van der Waals surface area contributed by atoms with Gasteiger partial charge in [-0.1, -0.05) is 43.2 Å². The quantitative estimate of drug-likeness (QED) is 0.840. The summed E-state index contributed by atoms with van der Waals surface area (Å²) in [5, 5.41) is 11.5. The van der Waals surface area contributed by atoms with Crippen molar-refractivity contribution in [2.45, 2.75) is 43.7 Å². The van der Waals surface area contributed by atoms with Crippen LogP contribution in [-0.2, 0) is 5.60 Å². The minimum absolute atomic E-state index is 0.0157. The average Bonchev–Trinajstić information content (AvgIpc) is 2.69. The molecule has 1 saturated carbocycles. The number of benzene rings is 1. The SMILES string of the molecule is O=C(c1cccnc1F)N1CCC(O)(c2ccccc2)C2CCCCC21. The van der Waals surface area contributed by atoms with E-state index >= 15 is 0 Å². The molecule has 2 aliphatic rings. The van der Waals surface area contributed by atoms with Crippen LogP contribution >= 0.6 is 0 Å². The highest BCUT2D eigenvalue weighted by Crippen LogP contribution is 2.47. The Balaban J connectivity index is 1.67. The van der Waals surface area contributed by atoms with E-state index in [2.05, 4.69) is 4.98 Å². The molecule has 1 aliphatic heterocycles. The lowest BCUT2D eigenvalue weighted by atomic mass is 9.66. The summed E-state index contributed by atoms with van der Waals surface area (Å²) in [6.07, 6.45) is 5.58. The number of amides is 1. The van der Waals surface area contributed by atoms with Gasteiger partial charge in [-0.15, -0.1) is 0 Å². The molecule has 0 bridgehead atoms. The first-order valence-corrected chi connectivity index (χ1v) is 9.30. The van der Waals surface area contributed by atoms with Gasteiger partial charge in [-0.25, -0.2) is 4.98 Å². The van der Waals surface area contributed by atoms with Crippen LogP contribution in [0.2, 0.25) is 0 Å². The van der Waals surface area contributed by atoms with E-state index in [9.17, 15) is 14.3 Å². The molecule has 1 amide bonds. The molecule has 2 heterocycles. The summed E-state index contributed by atoms with van der Waals surface area (Å²) in [6.45, 7) is 0.416. The van der Waals surface area contributed by atoms with Crippen LogP contribution < -0.4 is 0 Å². The second-order valence-electron chi connectivity index (χ2n) is 7.34. The highest BCUT2D eigenvalue weighted by molar-refractivity contribution is 5.94. The van der Waals surface area contributed by atoms with Crippen LogP contribution in [0.15, 0.2) is 48.7 Å². The zero-order chi connectivity index (χ0) is 18.1. The van der Waals surface area contributed by atoms with Crippen LogP contribution in [0.25, 0.3) is 0 Å². The maximum Gasteiger partial charge on any atom is 0.258 e. The van der Waals surface area contributed by atoms with Gasteiger partial charge in [0, 0.05) is 24.7 Å². The first-order chi connectivity index (χ1) is 12.6. The number of nitrogens with zero attached hydrogens (tertiary/aromatic N) is 2. The Morgan fingerprint density at radius 3 is 2.69 bits per heavy atom. The first kappa shape index (κ1) is 17.2. The zero-order valence-electron chi connectivity index (χ0n) is 14.6. The van der Waals surface area contributed by atoms with Crippen molar-refractivity contribution >= 4 is 5.91 Å². The Labute approximate surface area is 152 Å². The van der Waals surface area contributed by atoms with Crippen molar-refractivity contribution in [3.05, 3.63) is 65.7 Å². The number of fused-ring (bicyclic) bond motifs is 1. The Hall–Kier alpha value is -2.27. The van der Waals surface area contributed by atoms with Gasteiger partial charge in [0.2, 0.25) is 5.95 Å². The maximum atomic E-state index is 14.0. The molecular weight excluding hydrogens is 331 g/mol. The molecule has 5 heteroatoms. The van der Waals surface area contributed by atoms with Gasteiger partial charge in [0.25, 0.3) is 5.91 Å². The lowest BCUT2D eigenvalue weighted by molar-refractivity contribution is -0.110. The molecule has 1 saturated heterocycles. The van der Waals surface area contributed by atoms with Crippen LogP contribution in [0.3, 0.4) is 0 Å². The van der Waals surface area contributed by atoms with Crippen molar-refractivity contribution in [1.82, 2.24) is 9.88 Å². The van der Waals surface area contributed by atoms with Crippen LogP contribution in [0.4, 0.5) is 4.39 Å². The van der Waals surface area contributed by atoms with Crippen LogP contribution in [0, 0.1) is 11.9 Å². The lowest BCUT2D eigenvalue weighted by Crippen LogP contribution is -2.59. The number of hydrogen-bond donors (Lipinski definition) is 1. The summed E-state index contributed by atoms with van der Waals surface area (Å²) < 4.78 is 14.0. The summed E-state index contributed by atoms with van der Waals surface area (Å²) >= 11 is 0. The Kier molecular flexibility index (Phi) is 4.49. The van der Waals surface area contributed by atoms with E-state index in [1.165, 1.54) is 12.3 Å². The Morgan fingerprint density at radius 2 is 1.92 bits per heavy atom. The van der Waals surface area contributed by atoms with Crippen molar-refractivity contribution in [1.29, 1.82) is 0 Å². The summed E-state index contributed by atoms with van der Waals surface area (Å²) in [7, 11) is 0. The third-order valence-corrected chi connectivity index (χ3v) is 6.00. The van der Waals surface area contributed by atoms with E-state index in [0.717, 1.165) is 31.2 Å². The highest BCUT2D eigenvalue weighted by Gasteiger charge is 2.50. The van der Waals surface area contributed by atoms with Crippen molar-refractivity contribution in [2.24, 2.45) is 5.92 Å². The molecule has 1 aromatic carbocycles. The molecule has 26 heavy (non-hydrogen) atoms. The maximum absolute atomic E-state index is 14.0. The van der Waals surface area contributed by atoms with Gasteiger partial charge >= 0.3 is 0 Å². The smallest absolute Gasteiger partial charge is 0.258 e. The van der Waals surface area contributed by atoms with Crippen molar-refractivity contribution < 1.29 is 14.3 Å². The summed E-state index contributed by atoms with van der Waals surface area (Å²) in [5.41, 5.74) is -0.00472. The number of carbonyl (C=O) groups excluding carboxylic acids is 1. The number of rotatable bonds is 2. The Bertz CT molecular complexity index is 798. The number of likely N-dealkylation sites (tertiary alicyclic amines) is 1.